The molecule has 1 aliphatic rings. The van der Waals surface area contributed by atoms with E-state index < -0.39 is 0 Å². The molecule has 1 saturated heterocycles. The maximum atomic E-state index is 5.90. The Labute approximate surface area is 130 Å². The smallest absolute Gasteiger partial charge is 0.0569 e. The van der Waals surface area contributed by atoms with Gasteiger partial charge in [0.05, 0.1) is 12.2 Å². The topological polar surface area (TPSA) is 36.9 Å². The summed E-state index contributed by atoms with van der Waals surface area (Å²) in [5.41, 5.74) is 0. The molecule has 0 saturated carbocycles. The largest absolute Gasteiger partial charge is 0.381 e. The Bertz CT molecular complexity index is 227. The van der Waals surface area contributed by atoms with Crippen molar-refractivity contribution in [1.82, 2.24) is 0 Å². The average molecular weight is 302 g/mol. The van der Waals surface area contributed by atoms with Gasteiger partial charge < -0.3 is 18.9 Å². The molecule has 0 N–H and O–H groups in total. The standard InChI is InChI=1S/C17H34O4/c1-15(2)20-10-5-4-9-18-11-6-16(3)21-14-17-7-12-19-13-8-17/h15-17H,4-14H2,1-3H3. The van der Waals surface area contributed by atoms with Crippen molar-refractivity contribution in [3.8, 4) is 0 Å². The first-order chi connectivity index (χ1) is 10.2. The zero-order chi connectivity index (χ0) is 15.3. The highest BCUT2D eigenvalue weighted by atomic mass is 16.5. The molecule has 126 valence electrons. The zero-order valence-corrected chi connectivity index (χ0v) is 14.1. The van der Waals surface area contributed by atoms with E-state index >= 15 is 0 Å². The van der Waals surface area contributed by atoms with Crippen LogP contribution in [0.1, 0.15) is 52.9 Å². The van der Waals surface area contributed by atoms with Crippen LogP contribution in [-0.2, 0) is 18.9 Å². The van der Waals surface area contributed by atoms with Gasteiger partial charge in [0.2, 0.25) is 0 Å². The lowest BCUT2D eigenvalue weighted by Gasteiger charge is -2.23. The Balaban J connectivity index is 1.83. The third kappa shape index (κ3) is 11.1. The summed E-state index contributed by atoms with van der Waals surface area (Å²) in [6.07, 6.45) is 6.03. The molecular formula is C17H34O4. The Hall–Kier alpha value is -0.160. The second-order valence-electron chi connectivity index (χ2n) is 6.23. The fourth-order valence-electron chi connectivity index (χ4n) is 2.27. The highest BCUT2D eigenvalue weighted by molar-refractivity contribution is 4.63. The van der Waals surface area contributed by atoms with Crippen LogP contribution in [0.15, 0.2) is 0 Å². The Morgan fingerprint density at radius 1 is 0.952 bits per heavy atom. The van der Waals surface area contributed by atoms with Gasteiger partial charge in [-0.1, -0.05) is 0 Å². The van der Waals surface area contributed by atoms with E-state index in [-0.39, 0.29) is 6.10 Å². The van der Waals surface area contributed by atoms with Crippen molar-refractivity contribution in [3.05, 3.63) is 0 Å². The summed E-state index contributed by atoms with van der Waals surface area (Å²) in [5, 5.41) is 0. The van der Waals surface area contributed by atoms with E-state index in [4.69, 9.17) is 18.9 Å². The van der Waals surface area contributed by atoms with Gasteiger partial charge in [-0.15, -0.1) is 0 Å². The minimum atomic E-state index is 0.289. The van der Waals surface area contributed by atoms with E-state index in [9.17, 15) is 0 Å². The molecule has 0 aromatic heterocycles. The summed E-state index contributed by atoms with van der Waals surface area (Å²) in [7, 11) is 0. The molecule has 1 aliphatic heterocycles. The number of hydrogen-bond acceptors (Lipinski definition) is 4. The van der Waals surface area contributed by atoms with Crippen molar-refractivity contribution in [1.29, 1.82) is 0 Å². The van der Waals surface area contributed by atoms with Crippen LogP contribution in [0.4, 0.5) is 0 Å². The molecule has 0 spiro atoms. The van der Waals surface area contributed by atoms with Crippen LogP contribution >= 0.6 is 0 Å². The normalized spacial score (nSPS) is 18.3. The summed E-state index contributed by atoms with van der Waals surface area (Å²) in [6, 6.07) is 0. The van der Waals surface area contributed by atoms with E-state index in [1.807, 2.05) is 0 Å². The van der Waals surface area contributed by atoms with Crippen LogP contribution in [0.5, 0.6) is 0 Å². The van der Waals surface area contributed by atoms with E-state index in [1.54, 1.807) is 0 Å². The quantitative estimate of drug-likeness (QED) is 0.518. The molecule has 0 aromatic rings. The van der Waals surface area contributed by atoms with Gasteiger partial charge >= 0.3 is 0 Å². The summed E-state index contributed by atoms with van der Waals surface area (Å²) in [6.45, 7) is 11.4. The molecule has 21 heavy (non-hydrogen) atoms. The predicted molar refractivity (Wildman–Crippen MR) is 84.7 cm³/mol. The minimum absolute atomic E-state index is 0.289. The molecule has 0 radical (unpaired) electrons. The van der Waals surface area contributed by atoms with Crippen molar-refractivity contribution in [2.24, 2.45) is 5.92 Å². The average Bonchev–Trinajstić information content (AvgIpc) is 2.48. The maximum absolute atomic E-state index is 5.90. The molecule has 1 atom stereocenters. The van der Waals surface area contributed by atoms with Crippen LogP contribution in [0.2, 0.25) is 0 Å². The second-order valence-corrected chi connectivity index (χ2v) is 6.23. The zero-order valence-electron chi connectivity index (χ0n) is 14.1. The van der Waals surface area contributed by atoms with Gasteiger partial charge in [-0.05, 0) is 58.8 Å². The van der Waals surface area contributed by atoms with Crippen LogP contribution in [0, 0.1) is 5.92 Å². The van der Waals surface area contributed by atoms with E-state index in [0.717, 1.165) is 71.7 Å². The lowest BCUT2D eigenvalue weighted by molar-refractivity contribution is -0.0169. The number of hydrogen-bond donors (Lipinski definition) is 0. The molecule has 1 unspecified atom stereocenters. The molecular weight excluding hydrogens is 268 g/mol. The van der Waals surface area contributed by atoms with Crippen molar-refractivity contribution < 1.29 is 18.9 Å². The van der Waals surface area contributed by atoms with Gasteiger partial charge in [-0.25, -0.2) is 0 Å². The number of ether oxygens (including phenoxy) is 4. The van der Waals surface area contributed by atoms with Crippen LogP contribution in [0.3, 0.4) is 0 Å². The van der Waals surface area contributed by atoms with Crippen molar-refractivity contribution >= 4 is 0 Å². The summed E-state index contributed by atoms with van der Waals surface area (Å²) in [4.78, 5) is 0. The van der Waals surface area contributed by atoms with Gasteiger partial charge in [-0.2, -0.15) is 0 Å². The Morgan fingerprint density at radius 2 is 1.67 bits per heavy atom. The van der Waals surface area contributed by atoms with E-state index in [1.165, 1.54) is 0 Å². The lowest BCUT2D eigenvalue weighted by Crippen LogP contribution is -2.23. The molecule has 0 amide bonds. The van der Waals surface area contributed by atoms with E-state index in [2.05, 4.69) is 20.8 Å². The first-order valence-electron chi connectivity index (χ1n) is 8.57. The first-order valence-corrected chi connectivity index (χ1v) is 8.57. The fraction of sp³-hybridized carbons (Fsp3) is 1.00. The molecule has 1 heterocycles. The Kier molecular flexibility index (Phi) is 11.1. The van der Waals surface area contributed by atoms with Crippen LogP contribution in [0.25, 0.3) is 0 Å². The molecule has 0 aliphatic carbocycles. The summed E-state index contributed by atoms with van der Waals surface area (Å²) >= 11 is 0. The highest BCUT2D eigenvalue weighted by Gasteiger charge is 2.15. The molecule has 1 rings (SSSR count). The SMILES string of the molecule is CC(C)OCCCCOCCC(C)OCC1CCOCC1. The minimum Gasteiger partial charge on any atom is -0.381 e. The summed E-state index contributed by atoms with van der Waals surface area (Å²) < 4.78 is 22.4. The molecule has 4 nitrogen and oxygen atoms in total. The van der Waals surface area contributed by atoms with Gasteiger partial charge in [0.25, 0.3) is 0 Å². The third-order valence-corrected chi connectivity index (χ3v) is 3.76. The van der Waals surface area contributed by atoms with Crippen molar-refractivity contribution in [2.75, 3.05) is 39.6 Å². The molecule has 0 aromatic carbocycles. The van der Waals surface area contributed by atoms with Gasteiger partial charge in [0, 0.05) is 39.6 Å². The van der Waals surface area contributed by atoms with Crippen molar-refractivity contribution in [2.45, 2.75) is 65.1 Å². The van der Waals surface area contributed by atoms with E-state index in [0.29, 0.717) is 12.0 Å². The van der Waals surface area contributed by atoms with Crippen molar-refractivity contribution in [3.63, 3.8) is 0 Å². The fourth-order valence-corrected chi connectivity index (χ4v) is 2.27. The Morgan fingerprint density at radius 3 is 2.38 bits per heavy atom. The number of rotatable bonds is 12. The summed E-state index contributed by atoms with van der Waals surface area (Å²) in [5.74, 6) is 0.683. The predicted octanol–water partition coefficient (Wildman–Crippen LogP) is 3.43. The first kappa shape index (κ1) is 18.9. The maximum Gasteiger partial charge on any atom is 0.0569 e. The highest BCUT2D eigenvalue weighted by Crippen LogP contribution is 2.16. The van der Waals surface area contributed by atoms with Gasteiger partial charge in [-0.3, -0.25) is 0 Å². The van der Waals surface area contributed by atoms with Gasteiger partial charge in [0.15, 0.2) is 0 Å². The monoisotopic (exact) mass is 302 g/mol. The van der Waals surface area contributed by atoms with Gasteiger partial charge in [0.1, 0.15) is 0 Å². The lowest BCUT2D eigenvalue weighted by atomic mass is 10.0. The molecule has 4 heteroatoms. The number of unbranched alkanes of at least 4 members (excludes halogenated alkanes) is 1. The van der Waals surface area contributed by atoms with Crippen LogP contribution < -0.4 is 0 Å². The third-order valence-electron chi connectivity index (χ3n) is 3.76. The van der Waals surface area contributed by atoms with Crippen LogP contribution in [-0.4, -0.2) is 51.8 Å². The second kappa shape index (κ2) is 12.4. The molecule has 1 fully saturated rings. The molecule has 0 bridgehead atoms.